The summed E-state index contributed by atoms with van der Waals surface area (Å²) in [6.45, 7) is 0. The molecule has 0 unspecified atom stereocenters. The minimum Gasteiger partial charge on any atom is -0.388 e. The second-order valence-corrected chi connectivity index (χ2v) is 4.28. The minimum atomic E-state index is -0.548. The van der Waals surface area contributed by atoms with E-state index in [1.54, 1.807) is 6.20 Å². The number of hydrogen-bond acceptors (Lipinski definition) is 2. The van der Waals surface area contributed by atoms with E-state index in [0.29, 0.717) is 5.56 Å². The van der Waals surface area contributed by atoms with Crippen LogP contribution in [0.25, 0.3) is 0 Å². The van der Waals surface area contributed by atoms with Crippen LogP contribution in [0.3, 0.4) is 0 Å². The summed E-state index contributed by atoms with van der Waals surface area (Å²) < 4.78 is 12.9. The molecule has 0 saturated heterocycles. The molecular formula is C12H16FNO. The fourth-order valence-electron chi connectivity index (χ4n) is 2.31. The van der Waals surface area contributed by atoms with E-state index in [-0.39, 0.29) is 11.7 Å². The van der Waals surface area contributed by atoms with Crippen LogP contribution in [0, 0.1) is 11.7 Å². The maximum atomic E-state index is 12.9. The highest BCUT2D eigenvalue weighted by Gasteiger charge is 2.23. The summed E-state index contributed by atoms with van der Waals surface area (Å²) in [6.07, 6.45) is 7.85. The molecule has 2 nitrogen and oxygen atoms in total. The van der Waals surface area contributed by atoms with Crippen LogP contribution in [0.15, 0.2) is 18.5 Å². The first-order valence-electron chi connectivity index (χ1n) is 5.56. The lowest BCUT2D eigenvalue weighted by atomic mass is 9.83. The summed E-state index contributed by atoms with van der Waals surface area (Å²) in [7, 11) is 0. The van der Waals surface area contributed by atoms with Gasteiger partial charge in [0.15, 0.2) is 0 Å². The molecule has 1 aliphatic rings. The summed E-state index contributed by atoms with van der Waals surface area (Å²) >= 11 is 0. The Balaban J connectivity index is 2.08. The van der Waals surface area contributed by atoms with Crippen molar-refractivity contribution in [1.29, 1.82) is 0 Å². The van der Waals surface area contributed by atoms with Crippen LogP contribution in [0.5, 0.6) is 0 Å². The molecule has 3 heteroatoms. The van der Waals surface area contributed by atoms with Crippen LogP contribution in [0.4, 0.5) is 4.39 Å². The topological polar surface area (TPSA) is 33.1 Å². The van der Waals surface area contributed by atoms with Crippen molar-refractivity contribution < 1.29 is 9.50 Å². The zero-order valence-electron chi connectivity index (χ0n) is 8.69. The third-order valence-corrected chi connectivity index (χ3v) is 3.16. The van der Waals surface area contributed by atoms with E-state index >= 15 is 0 Å². The molecule has 1 fully saturated rings. The van der Waals surface area contributed by atoms with E-state index in [1.165, 1.54) is 25.3 Å². The molecule has 1 saturated carbocycles. The summed E-state index contributed by atoms with van der Waals surface area (Å²) in [6, 6.07) is 1.38. The largest absolute Gasteiger partial charge is 0.388 e. The molecule has 82 valence electrons. The van der Waals surface area contributed by atoms with Gasteiger partial charge in [-0.05, 0) is 24.8 Å². The van der Waals surface area contributed by atoms with E-state index in [2.05, 4.69) is 4.98 Å². The van der Waals surface area contributed by atoms with Crippen molar-refractivity contribution in [2.24, 2.45) is 5.92 Å². The number of rotatable bonds is 2. The molecule has 1 aliphatic carbocycles. The maximum absolute atomic E-state index is 12.9. The Morgan fingerprint density at radius 1 is 1.27 bits per heavy atom. The molecule has 0 radical (unpaired) electrons. The summed E-state index contributed by atoms with van der Waals surface area (Å²) in [4.78, 5) is 3.77. The first-order chi connectivity index (χ1) is 7.27. The summed E-state index contributed by atoms with van der Waals surface area (Å²) in [5.41, 5.74) is 0.613. The fourth-order valence-corrected chi connectivity index (χ4v) is 2.31. The van der Waals surface area contributed by atoms with E-state index in [9.17, 15) is 9.50 Å². The molecule has 1 aromatic rings. The Hall–Kier alpha value is -0.960. The number of nitrogens with zero attached hydrogens (tertiary/aromatic N) is 1. The van der Waals surface area contributed by atoms with Crippen molar-refractivity contribution in [3.8, 4) is 0 Å². The van der Waals surface area contributed by atoms with Gasteiger partial charge in [0.1, 0.15) is 5.82 Å². The third kappa shape index (κ3) is 2.53. The first-order valence-corrected chi connectivity index (χ1v) is 5.56. The molecule has 0 bridgehead atoms. The minimum absolute atomic E-state index is 0.280. The van der Waals surface area contributed by atoms with Gasteiger partial charge in [-0.15, -0.1) is 0 Å². The van der Waals surface area contributed by atoms with Gasteiger partial charge < -0.3 is 5.11 Å². The molecule has 0 spiro atoms. The van der Waals surface area contributed by atoms with Crippen molar-refractivity contribution >= 4 is 0 Å². The SMILES string of the molecule is O[C@H](c1cncc(F)c1)C1CCCCC1. The standard InChI is InChI=1S/C12H16FNO/c13-11-6-10(7-14-8-11)12(15)9-4-2-1-3-5-9/h6-9,12,15H,1-5H2/t12-/m0/s1. The normalized spacial score (nSPS) is 20.1. The summed E-state index contributed by atoms with van der Waals surface area (Å²) in [5, 5.41) is 10.1. The average molecular weight is 209 g/mol. The van der Waals surface area contributed by atoms with Gasteiger partial charge in [0.05, 0.1) is 12.3 Å². The highest BCUT2D eigenvalue weighted by molar-refractivity contribution is 5.14. The van der Waals surface area contributed by atoms with Crippen LogP contribution < -0.4 is 0 Å². The van der Waals surface area contributed by atoms with Crippen molar-refractivity contribution in [2.45, 2.75) is 38.2 Å². The lowest BCUT2D eigenvalue weighted by Crippen LogP contribution is -2.16. The van der Waals surface area contributed by atoms with Crippen LogP contribution in [0.1, 0.15) is 43.8 Å². The van der Waals surface area contributed by atoms with Gasteiger partial charge >= 0.3 is 0 Å². The molecule has 1 N–H and O–H groups in total. The molecule has 0 aromatic carbocycles. The lowest BCUT2D eigenvalue weighted by Gasteiger charge is -2.26. The highest BCUT2D eigenvalue weighted by Crippen LogP contribution is 2.33. The number of hydrogen-bond donors (Lipinski definition) is 1. The van der Waals surface area contributed by atoms with E-state index in [4.69, 9.17) is 0 Å². The molecule has 1 aromatic heterocycles. The highest BCUT2D eigenvalue weighted by atomic mass is 19.1. The van der Waals surface area contributed by atoms with E-state index in [1.807, 2.05) is 0 Å². The smallest absolute Gasteiger partial charge is 0.141 e. The van der Waals surface area contributed by atoms with Gasteiger partial charge in [-0.1, -0.05) is 19.3 Å². The molecule has 2 rings (SSSR count). The van der Waals surface area contributed by atoms with Gasteiger partial charge in [0.25, 0.3) is 0 Å². The third-order valence-electron chi connectivity index (χ3n) is 3.16. The van der Waals surface area contributed by atoms with Gasteiger partial charge in [-0.3, -0.25) is 4.98 Å². The van der Waals surface area contributed by atoms with Crippen molar-refractivity contribution in [1.82, 2.24) is 4.98 Å². The number of halogens is 1. The van der Waals surface area contributed by atoms with Crippen molar-refractivity contribution in [3.63, 3.8) is 0 Å². The second-order valence-electron chi connectivity index (χ2n) is 4.28. The molecule has 1 heterocycles. The van der Waals surface area contributed by atoms with Gasteiger partial charge in [0.2, 0.25) is 0 Å². The fraction of sp³-hybridized carbons (Fsp3) is 0.583. The Morgan fingerprint density at radius 2 is 2.00 bits per heavy atom. The number of aliphatic hydroxyl groups excluding tert-OH is 1. The maximum Gasteiger partial charge on any atom is 0.141 e. The average Bonchev–Trinajstić information content (AvgIpc) is 2.29. The van der Waals surface area contributed by atoms with Crippen LogP contribution in [-0.2, 0) is 0 Å². The predicted octanol–water partition coefficient (Wildman–Crippen LogP) is 2.83. The molecule has 0 aliphatic heterocycles. The van der Waals surface area contributed by atoms with Gasteiger partial charge in [0, 0.05) is 11.8 Å². The monoisotopic (exact) mass is 209 g/mol. The van der Waals surface area contributed by atoms with E-state index in [0.717, 1.165) is 19.0 Å². The number of pyridine rings is 1. The van der Waals surface area contributed by atoms with Crippen LogP contribution in [-0.4, -0.2) is 10.1 Å². The second kappa shape index (κ2) is 4.71. The molecule has 0 amide bonds. The lowest BCUT2D eigenvalue weighted by molar-refractivity contribution is 0.0842. The van der Waals surface area contributed by atoms with Gasteiger partial charge in [-0.25, -0.2) is 4.39 Å². The number of aromatic nitrogens is 1. The van der Waals surface area contributed by atoms with Crippen molar-refractivity contribution in [2.75, 3.05) is 0 Å². The zero-order chi connectivity index (χ0) is 10.7. The Kier molecular flexibility index (Phi) is 3.31. The quantitative estimate of drug-likeness (QED) is 0.812. The first kappa shape index (κ1) is 10.6. The van der Waals surface area contributed by atoms with Crippen molar-refractivity contribution in [3.05, 3.63) is 29.8 Å². The van der Waals surface area contributed by atoms with Crippen LogP contribution in [0.2, 0.25) is 0 Å². The zero-order valence-corrected chi connectivity index (χ0v) is 8.69. The van der Waals surface area contributed by atoms with Crippen LogP contribution >= 0.6 is 0 Å². The summed E-state index contributed by atoms with van der Waals surface area (Å²) in [5.74, 6) is -0.0929. The predicted molar refractivity (Wildman–Crippen MR) is 55.7 cm³/mol. The van der Waals surface area contributed by atoms with E-state index < -0.39 is 6.10 Å². The molecular weight excluding hydrogens is 193 g/mol. The Morgan fingerprint density at radius 3 is 2.67 bits per heavy atom. The molecule has 1 atom stereocenters. The Bertz CT molecular complexity index is 323. The molecule has 15 heavy (non-hydrogen) atoms. The Labute approximate surface area is 89.2 Å². The number of aliphatic hydroxyl groups is 1. The van der Waals surface area contributed by atoms with Gasteiger partial charge in [-0.2, -0.15) is 0 Å².